The lowest BCUT2D eigenvalue weighted by Crippen LogP contribution is -2.42. The number of nitrogens with zero attached hydrogens (tertiary/aromatic N) is 1. The quantitative estimate of drug-likeness (QED) is 0.904. The zero-order chi connectivity index (χ0) is 14.8. The summed E-state index contributed by atoms with van der Waals surface area (Å²) in [6.45, 7) is 12.9. The fourth-order valence-corrected chi connectivity index (χ4v) is 2.92. The summed E-state index contributed by atoms with van der Waals surface area (Å²) in [5.74, 6) is 2.13. The van der Waals surface area contributed by atoms with Crippen molar-refractivity contribution in [3.05, 3.63) is 23.7 Å². The van der Waals surface area contributed by atoms with Gasteiger partial charge in [0, 0.05) is 17.6 Å². The van der Waals surface area contributed by atoms with Crippen molar-refractivity contribution in [2.24, 2.45) is 0 Å². The molecule has 2 heterocycles. The molecule has 1 N–H and O–H groups in total. The molecule has 0 aliphatic carbocycles. The van der Waals surface area contributed by atoms with Crippen LogP contribution in [0.15, 0.2) is 16.5 Å². The van der Waals surface area contributed by atoms with Gasteiger partial charge in [-0.3, -0.25) is 4.90 Å². The predicted molar refractivity (Wildman–Crippen MR) is 83.6 cm³/mol. The third-order valence-corrected chi connectivity index (χ3v) is 4.22. The zero-order valence-corrected chi connectivity index (χ0v) is 13.7. The van der Waals surface area contributed by atoms with Crippen LogP contribution in [0, 0.1) is 0 Å². The maximum absolute atomic E-state index is 5.97. The number of piperidine rings is 1. The zero-order valence-electron chi connectivity index (χ0n) is 13.7. The molecule has 3 heteroatoms. The van der Waals surface area contributed by atoms with E-state index in [1.807, 2.05) is 0 Å². The van der Waals surface area contributed by atoms with Gasteiger partial charge in [-0.05, 0) is 59.6 Å². The number of furan rings is 1. The number of nitrogens with one attached hydrogen (secondary N) is 1. The Hall–Kier alpha value is -0.800. The Morgan fingerprint density at radius 1 is 1.15 bits per heavy atom. The minimum atomic E-state index is 0.128. The minimum absolute atomic E-state index is 0.128. The molecule has 1 saturated heterocycles. The highest BCUT2D eigenvalue weighted by Crippen LogP contribution is 2.25. The van der Waals surface area contributed by atoms with E-state index in [4.69, 9.17) is 4.42 Å². The van der Waals surface area contributed by atoms with E-state index in [2.05, 4.69) is 57.0 Å². The van der Waals surface area contributed by atoms with Crippen LogP contribution in [0.1, 0.15) is 65.4 Å². The minimum Gasteiger partial charge on any atom is -0.463 e. The van der Waals surface area contributed by atoms with Crippen molar-refractivity contribution in [2.45, 2.75) is 84.6 Å². The van der Waals surface area contributed by atoms with Crippen molar-refractivity contribution < 1.29 is 4.42 Å². The third-order valence-electron chi connectivity index (χ3n) is 4.22. The van der Waals surface area contributed by atoms with Crippen molar-refractivity contribution in [2.75, 3.05) is 0 Å². The Balaban J connectivity index is 1.92. The molecule has 2 rings (SSSR count). The van der Waals surface area contributed by atoms with Crippen LogP contribution >= 0.6 is 0 Å². The lowest BCUT2D eigenvalue weighted by Gasteiger charge is -2.38. The summed E-state index contributed by atoms with van der Waals surface area (Å²) in [7, 11) is 0. The standard InChI is InChI=1S/C17H30N2O/c1-13-7-6-8-14(2)19(13)12-16-10-9-15(20-16)11-18-17(3,4)5/h9-10,13-14,18H,6-8,11-12H2,1-5H3/t13-,14+. The highest BCUT2D eigenvalue weighted by Gasteiger charge is 2.25. The first kappa shape index (κ1) is 15.6. The molecule has 20 heavy (non-hydrogen) atoms. The van der Waals surface area contributed by atoms with Gasteiger partial charge in [0.15, 0.2) is 0 Å². The molecular weight excluding hydrogens is 248 g/mol. The molecule has 0 bridgehead atoms. The smallest absolute Gasteiger partial charge is 0.118 e. The SMILES string of the molecule is C[C@@H]1CCC[C@H](C)N1Cc1ccc(CNC(C)(C)C)o1. The van der Waals surface area contributed by atoms with Crippen LogP contribution in [-0.4, -0.2) is 22.5 Å². The molecule has 114 valence electrons. The maximum atomic E-state index is 5.97. The summed E-state index contributed by atoms with van der Waals surface area (Å²) in [5.41, 5.74) is 0.128. The van der Waals surface area contributed by atoms with Gasteiger partial charge in [-0.2, -0.15) is 0 Å². The van der Waals surface area contributed by atoms with E-state index in [0.29, 0.717) is 12.1 Å². The second-order valence-electron chi connectivity index (χ2n) is 7.27. The molecule has 1 aliphatic heterocycles. The average molecular weight is 278 g/mol. The van der Waals surface area contributed by atoms with Crippen LogP contribution in [0.3, 0.4) is 0 Å². The largest absolute Gasteiger partial charge is 0.463 e. The normalized spacial score (nSPS) is 25.1. The Morgan fingerprint density at radius 3 is 2.35 bits per heavy atom. The fraction of sp³-hybridized carbons (Fsp3) is 0.765. The number of rotatable bonds is 4. The molecule has 0 radical (unpaired) electrons. The molecule has 1 aromatic heterocycles. The van der Waals surface area contributed by atoms with E-state index >= 15 is 0 Å². The second kappa shape index (κ2) is 6.31. The molecule has 2 atom stereocenters. The van der Waals surface area contributed by atoms with Crippen molar-refractivity contribution in [3.8, 4) is 0 Å². The fourth-order valence-electron chi connectivity index (χ4n) is 2.92. The van der Waals surface area contributed by atoms with Crippen molar-refractivity contribution in [1.82, 2.24) is 10.2 Å². The van der Waals surface area contributed by atoms with E-state index in [0.717, 1.165) is 24.6 Å². The second-order valence-corrected chi connectivity index (χ2v) is 7.27. The van der Waals surface area contributed by atoms with Crippen molar-refractivity contribution >= 4 is 0 Å². The molecular formula is C17H30N2O. The maximum Gasteiger partial charge on any atom is 0.118 e. The molecule has 0 spiro atoms. The Labute approximate surface area is 123 Å². The lowest BCUT2D eigenvalue weighted by atomic mass is 9.97. The van der Waals surface area contributed by atoms with Crippen LogP contribution in [0.4, 0.5) is 0 Å². The van der Waals surface area contributed by atoms with E-state index in [1.54, 1.807) is 0 Å². The van der Waals surface area contributed by atoms with Gasteiger partial charge in [-0.15, -0.1) is 0 Å². The first-order valence-electron chi connectivity index (χ1n) is 7.93. The van der Waals surface area contributed by atoms with Gasteiger partial charge >= 0.3 is 0 Å². The van der Waals surface area contributed by atoms with Gasteiger partial charge in [0.25, 0.3) is 0 Å². The molecule has 1 aromatic rings. The molecule has 0 aromatic carbocycles. The van der Waals surface area contributed by atoms with E-state index in [1.165, 1.54) is 19.3 Å². The first-order chi connectivity index (χ1) is 9.35. The van der Waals surface area contributed by atoms with Gasteiger partial charge in [-0.25, -0.2) is 0 Å². The summed E-state index contributed by atoms with van der Waals surface area (Å²) >= 11 is 0. The summed E-state index contributed by atoms with van der Waals surface area (Å²) in [6, 6.07) is 5.57. The molecule has 3 nitrogen and oxygen atoms in total. The summed E-state index contributed by atoms with van der Waals surface area (Å²) in [5, 5.41) is 3.47. The Kier molecular flexibility index (Phi) is 4.92. The summed E-state index contributed by atoms with van der Waals surface area (Å²) < 4.78 is 5.97. The molecule has 1 aliphatic rings. The summed E-state index contributed by atoms with van der Waals surface area (Å²) in [6.07, 6.45) is 3.98. The lowest BCUT2D eigenvalue weighted by molar-refractivity contribution is 0.0866. The molecule has 1 fully saturated rings. The number of likely N-dealkylation sites (tertiary alicyclic amines) is 1. The molecule has 0 unspecified atom stereocenters. The third kappa shape index (κ3) is 4.35. The van der Waals surface area contributed by atoms with Crippen molar-refractivity contribution in [3.63, 3.8) is 0 Å². The molecule has 0 saturated carbocycles. The van der Waals surface area contributed by atoms with Gasteiger partial charge in [-0.1, -0.05) is 6.42 Å². The monoisotopic (exact) mass is 278 g/mol. The topological polar surface area (TPSA) is 28.4 Å². The highest BCUT2D eigenvalue weighted by atomic mass is 16.3. The first-order valence-corrected chi connectivity index (χ1v) is 7.93. The Bertz CT molecular complexity index is 409. The summed E-state index contributed by atoms with van der Waals surface area (Å²) in [4.78, 5) is 2.57. The number of hydrogen-bond acceptors (Lipinski definition) is 3. The van der Waals surface area contributed by atoms with Crippen LogP contribution in [-0.2, 0) is 13.1 Å². The van der Waals surface area contributed by atoms with E-state index < -0.39 is 0 Å². The average Bonchev–Trinajstić information content (AvgIpc) is 2.79. The van der Waals surface area contributed by atoms with Gasteiger partial charge in [0.1, 0.15) is 11.5 Å². The predicted octanol–water partition coefficient (Wildman–Crippen LogP) is 3.93. The highest BCUT2D eigenvalue weighted by molar-refractivity contribution is 5.08. The van der Waals surface area contributed by atoms with Gasteiger partial charge < -0.3 is 9.73 Å². The van der Waals surface area contributed by atoms with Crippen LogP contribution in [0.25, 0.3) is 0 Å². The van der Waals surface area contributed by atoms with E-state index in [-0.39, 0.29) is 5.54 Å². The molecule has 0 amide bonds. The van der Waals surface area contributed by atoms with Crippen LogP contribution in [0.5, 0.6) is 0 Å². The van der Waals surface area contributed by atoms with Crippen LogP contribution in [0.2, 0.25) is 0 Å². The van der Waals surface area contributed by atoms with Crippen molar-refractivity contribution in [1.29, 1.82) is 0 Å². The van der Waals surface area contributed by atoms with Crippen LogP contribution < -0.4 is 5.32 Å². The number of hydrogen-bond donors (Lipinski definition) is 1. The van der Waals surface area contributed by atoms with Gasteiger partial charge in [0.05, 0.1) is 13.1 Å². The van der Waals surface area contributed by atoms with E-state index in [9.17, 15) is 0 Å². The Morgan fingerprint density at radius 2 is 1.75 bits per heavy atom. The van der Waals surface area contributed by atoms with Gasteiger partial charge in [0.2, 0.25) is 0 Å².